The van der Waals surface area contributed by atoms with Gasteiger partial charge in [-0.25, -0.2) is 4.79 Å². The molecule has 0 amide bonds. The average molecular weight is 268 g/mol. The van der Waals surface area contributed by atoms with Crippen molar-refractivity contribution in [1.82, 2.24) is 0 Å². The molecule has 0 bridgehead atoms. The van der Waals surface area contributed by atoms with Gasteiger partial charge in [0.2, 0.25) is 0 Å². The second kappa shape index (κ2) is 6.44. The molecule has 1 aromatic rings. The molecule has 1 N–H and O–H groups in total. The van der Waals surface area contributed by atoms with Gasteiger partial charge in [-0.2, -0.15) is 0 Å². The molecule has 0 aliphatic heterocycles. The van der Waals surface area contributed by atoms with Crippen LogP contribution in [0.3, 0.4) is 0 Å². The molecule has 0 aromatic heterocycles. The molecule has 1 aromatic carbocycles. The summed E-state index contributed by atoms with van der Waals surface area (Å²) in [5.74, 6) is -1.08. The highest BCUT2D eigenvalue weighted by Gasteiger charge is 2.10. The van der Waals surface area contributed by atoms with Crippen molar-refractivity contribution < 1.29 is 19.4 Å². The molecule has 18 heavy (non-hydrogen) atoms. The van der Waals surface area contributed by atoms with Crippen LogP contribution in [-0.2, 0) is 9.53 Å². The van der Waals surface area contributed by atoms with E-state index in [1.165, 1.54) is 11.8 Å². The summed E-state index contributed by atoms with van der Waals surface area (Å²) >= 11 is 1.29. The van der Waals surface area contributed by atoms with Crippen molar-refractivity contribution in [1.29, 1.82) is 0 Å². The third-order valence-electron chi connectivity index (χ3n) is 2.15. The summed E-state index contributed by atoms with van der Waals surface area (Å²) in [6.07, 6.45) is -0.135. The molecule has 0 fully saturated rings. The first-order valence-electron chi connectivity index (χ1n) is 5.56. The molecule has 5 heteroatoms. The number of ether oxygens (including phenoxy) is 1. The highest BCUT2D eigenvalue weighted by Crippen LogP contribution is 2.24. The van der Waals surface area contributed by atoms with E-state index < -0.39 is 5.97 Å². The Kier molecular flexibility index (Phi) is 5.22. The largest absolute Gasteiger partial charge is 0.478 e. The van der Waals surface area contributed by atoms with Crippen LogP contribution in [0.1, 0.15) is 29.8 Å². The number of carbonyl (C=O) groups excluding carboxylic acids is 1. The van der Waals surface area contributed by atoms with Crippen molar-refractivity contribution in [3.05, 3.63) is 29.3 Å². The van der Waals surface area contributed by atoms with Crippen LogP contribution >= 0.6 is 11.8 Å². The zero-order valence-corrected chi connectivity index (χ0v) is 11.4. The molecule has 0 unspecified atom stereocenters. The number of carboxylic acids is 1. The zero-order chi connectivity index (χ0) is 13.7. The first kappa shape index (κ1) is 14.6. The van der Waals surface area contributed by atoms with E-state index in [4.69, 9.17) is 9.84 Å². The van der Waals surface area contributed by atoms with E-state index in [0.29, 0.717) is 0 Å². The number of aromatic carboxylic acids is 1. The highest BCUT2D eigenvalue weighted by molar-refractivity contribution is 8.00. The maximum Gasteiger partial charge on any atom is 0.335 e. The van der Waals surface area contributed by atoms with Gasteiger partial charge >= 0.3 is 11.9 Å². The molecule has 0 saturated heterocycles. The predicted molar refractivity (Wildman–Crippen MR) is 70.1 cm³/mol. The number of rotatable bonds is 5. The van der Waals surface area contributed by atoms with Gasteiger partial charge in [-0.05, 0) is 38.5 Å². The number of hydrogen-bond donors (Lipinski definition) is 1. The van der Waals surface area contributed by atoms with E-state index in [9.17, 15) is 9.59 Å². The summed E-state index contributed by atoms with van der Waals surface area (Å²) in [7, 11) is 0. The molecule has 0 saturated carbocycles. The Morgan fingerprint density at radius 3 is 2.61 bits per heavy atom. The third-order valence-corrected chi connectivity index (χ3v) is 3.28. The topological polar surface area (TPSA) is 63.6 Å². The fourth-order valence-corrected chi connectivity index (χ4v) is 2.17. The van der Waals surface area contributed by atoms with Gasteiger partial charge in [0, 0.05) is 4.90 Å². The van der Waals surface area contributed by atoms with Crippen molar-refractivity contribution in [3.63, 3.8) is 0 Å². The first-order chi connectivity index (χ1) is 8.40. The van der Waals surface area contributed by atoms with Gasteiger partial charge in [0.05, 0.1) is 17.4 Å². The van der Waals surface area contributed by atoms with Gasteiger partial charge in [0.1, 0.15) is 0 Å². The Bertz CT molecular complexity index is 454. The first-order valence-corrected chi connectivity index (χ1v) is 6.55. The monoisotopic (exact) mass is 268 g/mol. The maximum atomic E-state index is 11.4. The fraction of sp³-hybridized carbons (Fsp3) is 0.385. The molecular formula is C13H16O4S. The lowest BCUT2D eigenvalue weighted by molar-refractivity contribution is -0.144. The lowest BCUT2D eigenvalue weighted by Crippen LogP contribution is -2.13. The zero-order valence-electron chi connectivity index (χ0n) is 10.6. The molecule has 4 nitrogen and oxygen atoms in total. The van der Waals surface area contributed by atoms with Crippen molar-refractivity contribution in [2.45, 2.75) is 31.8 Å². The van der Waals surface area contributed by atoms with Crippen molar-refractivity contribution >= 4 is 23.7 Å². The standard InChI is InChI=1S/C13H16O4S/c1-8(2)17-12(14)7-18-11-6-10(13(15)16)5-4-9(11)3/h4-6,8H,7H2,1-3H3,(H,15,16). The lowest BCUT2D eigenvalue weighted by Gasteiger charge is -2.09. The second-order valence-corrected chi connectivity index (χ2v) is 5.13. The van der Waals surface area contributed by atoms with Gasteiger partial charge in [-0.1, -0.05) is 6.07 Å². The quantitative estimate of drug-likeness (QED) is 0.657. The number of hydrogen-bond acceptors (Lipinski definition) is 4. The Labute approximate surface area is 110 Å². The van der Waals surface area contributed by atoms with E-state index in [1.807, 2.05) is 6.92 Å². The molecule has 0 radical (unpaired) electrons. The summed E-state index contributed by atoms with van der Waals surface area (Å²) in [6, 6.07) is 4.86. The van der Waals surface area contributed by atoms with Gasteiger partial charge < -0.3 is 9.84 Å². The van der Waals surface area contributed by atoms with Crippen LogP contribution in [-0.4, -0.2) is 28.9 Å². The normalized spacial score (nSPS) is 10.4. The van der Waals surface area contributed by atoms with Crippen LogP contribution < -0.4 is 0 Å². The predicted octanol–water partition coefficient (Wildman–Crippen LogP) is 2.74. The van der Waals surface area contributed by atoms with E-state index in [-0.39, 0.29) is 23.4 Å². The Morgan fingerprint density at radius 1 is 1.39 bits per heavy atom. The van der Waals surface area contributed by atoms with E-state index in [2.05, 4.69) is 0 Å². The smallest absolute Gasteiger partial charge is 0.335 e. The molecule has 0 aliphatic rings. The summed E-state index contributed by atoms with van der Waals surface area (Å²) in [6.45, 7) is 5.46. The van der Waals surface area contributed by atoms with Gasteiger partial charge in [0.25, 0.3) is 0 Å². The van der Waals surface area contributed by atoms with Crippen LogP contribution in [0.25, 0.3) is 0 Å². The average Bonchev–Trinajstić information content (AvgIpc) is 2.26. The minimum atomic E-state index is -0.971. The highest BCUT2D eigenvalue weighted by atomic mass is 32.2. The van der Waals surface area contributed by atoms with Crippen molar-refractivity contribution in [3.8, 4) is 0 Å². The molecule has 0 atom stereocenters. The molecule has 0 heterocycles. The van der Waals surface area contributed by atoms with Crippen LogP contribution in [0.15, 0.2) is 23.1 Å². The lowest BCUT2D eigenvalue weighted by atomic mass is 10.1. The van der Waals surface area contributed by atoms with Crippen LogP contribution in [0.4, 0.5) is 0 Å². The number of esters is 1. The minimum Gasteiger partial charge on any atom is -0.478 e. The number of carbonyl (C=O) groups is 2. The molecule has 0 spiro atoms. The van der Waals surface area contributed by atoms with Crippen LogP contribution in [0, 0.1) is 6.92 Å². The van der Waals surface area contributed by atoms with Gasteiger partial charge in [0.15, 0.2) is 0 Å². The third kappa shape index (κ3) is 4.41. The van der Waals surface area contributed by atoms with E-state index in [0.717, 1.165) is 10.5 Å². The SMILES string of the molecule is Cc1ccc(C(=O)O)cc1SCC(=O)OC(C)C. The van der Waals surface area contributed by atoms with Gasteiger partial charge in [-0.3, -0.25) is 4.79 Å². The Hall–Kier alpha value is -1.49. The summed E-state index contributed by atoms with van der Waals surface area (Å²) < 4.78 is 5.01. The number of aryl methyl sites for hydroxylation is 1. The number of thioether (sulfide) groups is 1. The molecule has 0 aliphatic carbocycles. The Balaban J connectivity index is 2.69. The summed E-state index contributed by atoms with van der Waals surface area (Å²) in [5.41, 5.74) is 1.17. The van der Waals surface area contributed by atoms with E-state index >= 15 is 0 Å². The van der Waals surface area contributed by atoms with Gasteiger partial charge in [-0.15, -0.1) is 11.8 Å². The van der Waals surface area contributed by atoms with Crippen LogP contribution in [0.5, 0.6) is 0 Å². The maximum absolute atomic E-state index is 11.4. The molecule has 1 rings (SSSR count). The summed E-state index contributed by atoms with van der Waals surface area (Å²) in [4.78, 5) is 23.0. The van der Waals surface area contributed by atoms with Crippen molar-refractivity contribution in [2.75, 3.05) is 5.75 Å². The summed E-state index contributed by atoms with van der Waals surface area (Å²) in [5, 5.41) is 8.90. The Morgan fingerprint density at radius 2 is 2.06 bits per heavy atom. The fourth-order valence-electron chi connectivity index (χ4n) is 1.32. The van der Waals surface area contributed by atoms with E-state index in [1.54, 1.807) is 32.0 Å². The second-order valence-electron chi connectivity index (χ2n) is 4.11. The van der Waals surface area contributed by atoms with Crippen LogP contribution in [0.2, 0.25) is 0 Å². The molecule has 98 valence electrons. The van der Waals surface area contributed by atoms with Crippen molar-refractivity contribution in [2.24, 2.45) is 0 Å². The number of benzene rings is 1. The minimum absolute atomic E-state index is 0.135. The number of carboxylic acid groups (broad SMARTS) is 1. The molecular weight excluding hydrogens is 252 g/mol.